The molecule has 0 aliphatic carbocycles. The smallest absolute Gasteiger partial charge is 0.223 e. The van der Waals surface area contributed by atoms with E-state index >= 15 is 0 Å². The van der Waals surface area contributed by atoms with Gasteiger partial charge in [0.1, 0.15) is 0 Å². The third kappa shape index (κ3) is 3.92. The van der Waals surface area contributed by atoms with E-state index in [1.54, 1.807) is 12.1 Å². The van der Waals surface area contributed by atoms with Gasteiger partial charge in [-0.2, -0.15) is 4.99 Å². The van der Waals surface area contributed by atoms with Crippen LogP contribution in [0.1, 0.15) is 0 Å². The van der Waals surface area contributed by atoms with E-state index in [2.05, 4.69) is 32.6 Å². The molecule has 6 N–H and O–H groups in total. The highest BCUT2D eigenvalue weighted by atomic mass is 127. The highest BCUT2D eigenvalue weighted by Gasteiger charge is 2.00. The van der Waals surface area contributed by atoms with Gasteiger partial charge in [-0.05, 0) is 40.8 Å². The van der Waals surface area contributed by atoms with Crippen LogP contribution in [0.5, 0.6) is 0 Å². The topological polar surface area (TPSA) is 103 Å². The van der Waals surface area contributed by atoms with Gasteiger partial charge in [-0.3, -0.25) is 0 Å². The first-order chi connectivity index (χ1) is 6.99. The maximum atomic E-state index is 5.81. The molecular formula is C8H9ClIN5. The van der Waals surface area contributed by atoms with Gasteiger partial charge in [-0.15, -0.1) is 0 Å². The first-order valence-electron chi connectivity index (χ1n) is 3.88. The Morgan fingerprint density at radius 1 is 1.27 bits per heavy atom. The number of guanidine groups is 2. The molecule has 0 amide bonds. The molecular weight excluding hydrogens is 328 g/mol. The van der Waals surface area contributed by atoms with Crippen LogP contribution in [0, 0.1) is 3.57 Å². The Kier molecular flexibility index (Phi) is 4.15. The highest BCUT2D eigenvalue weighted by Crippen LogP contribution is 2.25. The fraction of sp³-hybridized carbons (Fsp3) is 0. The lowest BCUT2D eigenvalue weighted by molar-refractivity contribution is 1.37. The molecule has 15 heavy (non-hydrogen) atoms. The summed E-state index contributed by atoms with van der Waals surface area (Å²) in [7, 11) is 0. The van der Waals surface area contributed by atoms with Crippen molar-refractivity contribution in [1.82, 2.24) is 0 Å². The van der Waals surface area contributed by atoms with Gasteiger partial charge >= 0.3 is 0 Å². The fourth-order valence-electron chi connectivity index (χ4n) is 0.852. The number of rotatable bonds is 1. The van der Waals surface area contributed by atoms with Crippen molar-refractivity contribution in [2.75, 3.05) is 0 Å². The van der Waals surface area contributed by atoms with Gasteiger partial charge in [0.15, 0.2) is 5.96 Å². The first-order valence-corrected chi connectivity index (χ1v) is 5.33. The molecule has 0 saturated heterocycles. The minimum Gasteiger partial charge on any atom is -0.370 e. The maximum absolute atomic E-state index is 5.81. The summed E-state index contributed by atoms with van der Waals surface area (Å²) in [6, 6.07) is 5.27. The quantitative estimate of drug-likeness (QED) is 0.407. The normalized spacial score (nSPS) is 11.2. The van der Waals surface area contributed by atoms with Crippen molar-refractivity contribution in [3.63, 3.8) is 0 Å². The Balaban J connectivity index is 3.07. The molecule has 7 heteroatoms. The van der Waals surface area contributed by atoms with Gasteiger partial charge < -0.3 is 17.2 Å². The molecule has 0 aromatic heterocycles. The van der Waals surface area contributed by atoms with Crippen molar-refractivity contribution in [3.05, 3.63) is 26.8 Å². The highest BCUT2D eigenvalue weighted by molar-refractivity contribution is 14.1. The molecule has 0 aliphatic rings. The van der Waals surface area contributed by atoms with Gasteiger partial charge in [0.25, 0.3) is 0 Å². The molecule has 0 atom stereocenters. The molecule has 0 bridgehead atoms. The van der Waals surface area contributed by atoms with E-state index < -0.39 is 0 Å². The zero-order valence-electron chi connectivity index (χ0n) is 7.61. The van der Waals surface area contributed by atoms with Crippen molar-refractivity contribution in [2.24, 2.45) is 27.2 Å². The Morgan fingerprint density at radius 2 is 1.93 bits per heavy atom. The molecule has 0 fully saturated rings. The average Bonchev–Trinajstić information content (AvgIpc) is 2.10. The maximum Gasteiger partial charge on any atom is 0.223 e. The summed E-state index contributed by atoms with van der Waals surface area (Å²) in [5.41, 5.74) is 16.4. The summed E-state index contributed by atoms with van der Waals surface area (Å²) in [5, 5.41) is 0.576. The summed E-state index contributed by atoms with van der Waals surface area (Å²) in [6.45, 7) is 0. The van der Waals surface area contributed by atoms with E-state index in [0.29, 0.717) is 10.7 Å². The Morgan fingerprint density at radius 3 is 2.53 bits per heavy atom. The van der Waals surface area contributed by atoms with E-state index in [9.17, 15) is 0 Å². The Hall–Kier alpha value is -1.02. The number of nitrogens with two attached hydrogens (primary N) is 3. The van der Waals surface area contributed by atoms with Crippen LogP contribution in [0.2, 0.25) is 5.02 Å². The van der Waals surface area contributed by atoms with E-state index in [-0.39, 0.29) is 11.9 Å². The minimum absolute atomic E-state index is 0.00446. The number of nitrogens with zero attached hydrogens (tertiary/aromatic N) is 2. The van der Waals surface area contributed by atoms with E-state index in [1.165, 1.54) is 0 Å². The predicted octanol–water partition coefficient (Wildman–Crippen LogP) is 1.16. The first kappa shape index (κ1) is 12.1. The predicted molar refractivity (Wildman–Crippen MR) is 71.3 cm³/mol. The van der Waals surface area contributed by atoms with Gasteiger partial charge in [-0.25, -0.2) is 4.99 Å². The fourth-order valence-corrected chi connectivity index (χ4v) is 1.47. The third-order valence-electron chi connectivity index (χ3n) is 1.39. The number of benzene rings is 1. The van der Waals surface area contributed by atoms with E-state index in [0.717, 1.165) is 3.57 Å². The van der Waals surface area contributed by atoms with Crippen LogP contribution in [0.3, 0.4) is 0 Å². The van der Waals surface area contributed by atoms with Crippen LogP contribution in [0.4, 0.5) is 5.69 Å². The zero-order valence-corrected chi connectivity index (χ0v) is 10.5. The number of hydrogen-bond donors (Lipinski definition) is 3. The second-order valence-corrected chi connectivity index (χ2v) is 4.20. The van der Waals surface area contributed by atoms with Crippen molar-refractivity contribution in [2.45, 2.75) is 0 Å². The summed E-state index contributed by atoms with van der Waals surface area (Å²) >= 11 is 7.92. The Bertz CT molecular complexity index is 425. The second-order valence-electron chi connectivity index (χ2n) is 2.60. The monoisotopic (exact) mass is 337 g/mol. The van der Waals surface area contributed by atoms with Crippen LogP contribution in [-0.4, -0.2) is 11.9 Å². The largest absolute Gasteiger partial charge is 0.370 e. The van der Waals surface area contributed by atoms with Gasteiger partial charge in [0, 0.05) is 8.59 Å². The summed E-state index contributed by atoms with van der Waals surface area (Å²) < 4.78 is 0.908. The summed E-state index contributed by atoms with van der Waals surface area (Å²) in [5.74, 6) is -0.136. The van der Waals surface area contributed by atoms with Crippen molar-refractivity contribution < 1.29 is 0 Å². The number of aliphatic imine (C=N–C) groups is 2. The molecule has 0 spiro atoms. The SMILES string of the molecule is NC(N)=NC(N)=Nc1cc(Cl)ccc1I. The van der Waals surface area contributed by atoms with Crippen LogP contribution in [-0.2, 0) is 0 Å². The molecule has 0 aliphatic heterocycles. The Labute approximate surface area is 106 Å². The molecule has 1 aromatic carbocycles. The summed E-state index contributed by atoms with van der Waals surface area (Å²) in [6.07, 6.45) is 0. The summed E-state index contributed by atoms with van der Waals surface area (Å²) in [4.78, 5) is 7.61. The molecule has 0 unspecified atom stereocenters. The van der Waals surface area contributed by atoms with Gasteiger partial charge in [0.2, 0.25) is 5.96 Å². The molecule has 1 rings (SSSR count). The van der Waals surface area contributed by atoms with Gasteiger partial charge in [0.05, 0.1) is 5.69 Å². The molecule has 80 valence electrons. The van der Waals surface area contributed by atoms with Crippen LogP contribution < -0.4 is 17.2 Å². The molecule has 5 nitrogen and oxygen atoms in total. The second kappa shape index (κ2) is 5.17. The number of hydrogen-bond acceptors (Lipinski definition) is 1. The van der Waals surface area contributed by atoms with E-state index in [1.807, 2.05) is 6.07 Å². The van der Waals surface area contributed by atoms with E-state index in [4.69, 9.17) is 28.8 Å². The average molecular weight is 338 g/mol. The molecule has 0 radical (unpaired) electrons. The van der Waals surface area contributed by atoms with Crippen LogP contribution >= 0.6 is 34.2 Å². The van der Waals surface area contributed by atoms with Crippen molar-refractivity contribution >= 4 is 51.8 Å². The third-order valence-corrected chi connectivity index (χ3v) is 2.53. The zero-order chi connectivity index (χ0) is 11.4. The van der Waals surface area contributed by atoms with Crippen LogP contribution in [0.25, 0.3) is 0 Å². The minimum atomic E-state index is -0.131. The molecule has 0 saturated carbocycles. The van der Waals surface area contributed by atoms with Gasteiger partial charge in [-0.1, -0.05) is 11.6 Å². The van der Waals surface area contributed by atoms with Crippen LogP contribution in [0.15, 0.2) is 28.2 Å². The number of halogens is 2. The van der Waals surface area contributed by atoms with Crippen molar-refractivity contribution in [1.29, 1.82) is 0 Å². The lowest BCUT2D eigenvalue weighted by Gasteiger charge is -1.99. The lowest BCUT2D eigenvalue weighted by atomic mass is 10.3. The standard InChI is InChI=1S/C8H9ClIN5/c9-4-1-2-5(10)6(3-4)14-8(13)15-7(11)12/h1-3H,(H6,11,12,13,14,15). The van der Waals surface area contributed by atoms with Crippen molar-refractivity contribution in [3.8, 4) is 0 Å². The molecule has 1 aromatic rings. The lowest BCUT2D eigenvalue weighted by Crippen LogP contribution is -2.26. The molecule has 0 heterocycles.